The first-order valence-corrected chi connectivity index (χ1v) is 19.0. The van der Waals surface area contributed by atoms with E-state index in [9.17, 15) is 29.7 Å². The lowest BCUT2D eigenvalue weighted by atomic mass is 10.1. The Morgan fingerprint density at radius 2 is 1.24 bits per heavy atom. The summed E-state index contributed by atoms with van der Waals surface area (Å²) in [7, 11) is 1.92. The van der Waals surface area contributed by atoms with Crippen LogP contribution in [0.4, 0.5) is 0 Å². The number of nitrogens with one attached hydrogen (secondary N) is 2. The predicted octanol–water partition coefficient (Wildman–Crippen LogP) is 1.12. The number of aliphatic hydroxyl groups is 1. The Morgan fingerprint density at radius 3 is 1.64 bits per heavy atom. The molecule has 10 N–H and O–H groups in total. The molecule has 4 atom stereocenters. The minimum atomic E-state index is -1.07. The van der Waals surface area contributed by atoms with Gasteiger partial charge in [-0.1, -0.05) is 60.6 Å². The number of aromatic nitrogens is 1. The molecule has 1 aromatic rings. The number of hydrogen-bond donors (Lipinski definition) is 8. The summed E-state index contributed by atoms with van der Waals surface area (Å²) in [5, 5.41) is 44.9. The highest BCUT2D eigenvalue weighted by atomic mass is 32.2. The molecule has 50 heavy (non-hydrogen) atoms. The summed E-state index contributed by atoms with van der Waals surface area (Å²) in [6, 6.07) is 2.41. The number of aliphatic hydroxyl groups excluding tert-OH is 1. The summed E-state index contributed by atoms with van der Waals surface area (Å²) in [5.41, 5.74) is 12.7. The number of thioether (sulfide) groups is 2. The van der Waals surface area contributed by atoms with E-state index in [2.05, 4.69) is 22.1 Å². The number of nitrogens with zero attached hydrogens (tertiary/aromatic N) is 4. The van der Waals surface area contributed by atoms with Crippen LogP contribution in [0, 0.1) is 0 Å². The zero-order valence-corrected chi connectivity index (χ0v) is 31.5. The van der Waals surface area contributed by atoms with Gasteiger partial charge in [-0.25, -0.2) is 0 Å². The number of aliphatic carboxylic acids is 3. The third-order valence-electron chi connectivity index (χ3n) is 8.03. The summed E-state index contributed by atoms with van der Waals surface area (Å²) in [6.07, 6.45) is 1.33. The zero-order chi connectivity index (χ0) is 37.2. The van der Waals surface area contributed by atoms with Crippen molar-refractivity contribution in [2.45, 2.75) is 62.9 Å². The molecule has 2 bridgehead atoms. The van der Waals surface area contributed by atoms with Gasteiger partial charge in [0.25, 0.3) is 0 Å². The maximum absolute atomic E-state index is 12.5. The number of carbonyl (C=O) groups is 3. The third-order valence-corrected chi connectivity index (χ3v) is 10.7. The Labute approximate surface area is 312 Å². The molecule has 15 nitrogen and oxygen atoms in total. The summed E-state index contributed by atoms with van der Waals surface area (Å²) in [5.74, 6) is -2.06. The van der Waals surface area contributed by atoms with Crippen molar-refractivity contribution in [1.29, 1.82) is 0 Å². The molecule has 0 fully saturated rings. The second kappa shape index (κ2) is 23.0. The second-order valence-corrected chi connectivity index (χ2v) is 15.4. The van der Waals surface area contributed by atoms with Crippen LogP contribution in [0.1, 0.15) is 37.1 Å². The molecule has 0 aromatic carbocycles. The van der Waals surface area contributed by atoms with E-state index < -0.39 is 42.1 Å². The molecule has 0 aliphatic carbocycles. The Kier molecular flexibility index (Phi) is 20.1. The van der Waals surface area contributed by atoms with E-state index in [4.69, 9.17) is 46.0 Å². The van der Waals surface area contributed by atoms with Gasteiger partial charge in [0.1, 0.15) is 32.5 Å². The summed E-state index contributed by atoms with van der Waals surface area (Å²) >= 11 is 13.4. The van der Waals surface area contributed by atoms with E-state index in [1.54, 1.807) is 0 Å². The van der Waals surface area contributed by atoms with E-state index >= 15 is 0 Å². The van der Waals surface area contributed by atoms with Crippen LogP contribution in [0.2, 0.25) is 0 Å². The number of rotatable bonds is 18. The van der Waals surface area contributed by atoms with E-state index in [0.29, 0.717) is 90.2 Å². The van der Waals surface area contributed by atoms with Gasteiger partial charge in [0.05, 0.1) is 17.4 Å². The van der Waals surface area contributed by atoms with Crippen LogP contribution in [-0.4, -0.2) is 149 Å². The van der Waals surface area contributed by atoms with Crippen molar-refractivity contribution in [2.75, 3.05) is 57.8 Å². The molecular weight excluding hydrogens is 725 g/mol. The van der Waals surface area contributed by atoms with Gasteiger partial charge in [0.15, 0.2) is 0 Å². The molecule has 1 aliphatic heterocycles. The summed E-state index contributed by atoms with van der Waals surface area (Å²) in [6.45, 7) is 6.64. The minimum Gasteiger partial charge on any atom is -0.511 e. The van der Waals surface area contributed by atoms with Gasteiger partial charge in [-0.2, -0.15) is 0 Å². The van der Waals surface area contributed by atoms with Crippen molar-refractivity contribution in [2.24, 2.45) is 11.5 Å². The second-order valence-electron chi connectivity index (χ2n) is 11.9. The average molecular weight is 775 g/mol. The minimum absolute atomic E-state index is 0.0764. The Bertz CT molecular complexity index is 1220. The van der Waals surface area contributed by atoms with E-state index in [-0.39, 0.29) is 25.1 Å². The van der Waals surface area contributed by atoms with Gasteiger partial charge < -0.3 is 47.4 Å². The number of carboxylic acids is 3. The van der Waals surface area contributed by atoms with Crippen LogP contribution >= 0.6 is 48.0 Å². The number of likely N-dealkylation sites (N-methyl/N-ethyl adjacent to an activating group) is 1. The van der Waals surface area contributed by atoms with Crippen LogP contribution in [-0.2, 0) is 27.5 Å². The van der Waals surface area contributed by atoms with Gasteiger partial charge in [0, 0.05) is 63.9 Å². The molecule has 2 rings (SSSR count). The highest BCUT2D eigenvalue weighted by Gasteiger charge is 2.29. The SMILES string of the molecule is C=C(O)[C@@H](N)CCSC(=S)NCCC(C(=O)O)N1CCN(C)CCN(C(CCNC(=S)SCC[C@H](N)C(=O)O)C(=O)O)Cc2cccc(n2)C1. The molecule has 0 amide bonds. The quantitative estimate of drug-likeness (QED) is 0.0772. The predicted molar refractivity (Wildman–Crippen MR) is 205 cm³/mol. The van der Waals surface area contributed by atoms with Crippen molar-refractivity contribution in [3.05, 3.63) is 41.9 Å². The van der Waals surface area contributed by atoms with Crippen molar-refractivity contribution in [1.82, 2.24) is 30.3 Å². The number of nitrogens with two attached hydrogens (primary N) is 2. The maximum Gasteiger partial charge on any atom is 0.320 e. The fraction of sp³-hybridized carbons (Fsp3) is 0.613. The highest BCUT2D eigenvalue weighted by molar-refractivity contribution is 8.23. The summed E-state index contributed by atoms with van der Waals surface area (Å²) < 4.78 is 0.968. The number of fused-ring (bicyclic) bond motifs is 2. The molecule has 2 unspecified atom stereocenters. The van der Waals surface area contributed by atoms with Gasteiger partial charge in [0.2, 0.25) is 0 Å². The Morgan fingerprint density at radius 1 is 0.800 bits per heavy atom. The van der Waals surface area contributed by atoms with Crippen molar-refractivity contribution in [3.8, 4) is 0 Å². The maximum atomic E-state index is 12.5. The molecule has 0 saturated carbocycles. The Hall–Kier alpha value is -2.62. The van der Waals surface area contributed by atoms with Gasteiger partial charge in [-0.3, -0.25) is 29.2 Å². The number of thiocarbonyl (C=S) groups is 2. The standard InChI is InChI=1S/C31H50N8O7S4/c1-20(40)23(32)8-16-49-30(47)34-10-6-25(28(43)44)38-14-12-37(2)13-15-39(19-22-5-3-4-21(18-38)36-22)26(29(45)46)7-11-35-31(48)50-17-9-24(33)27(41)42/h3-5,23-26,40H,1,6-19,32-33H2,2H3,(H,34,47)(H,35,48)(H,41,42)(H,43,44)(H,45,46)/t23-,24-,25?,26?/m0/s1. The summed E-state index contributed by atoms with van der Waals surface area (Å²) in [4.78, 5) is 46.5. The van der Waals surface area contributed by atoms with Crippen LogP contribution in [0.15, 0.2) is 30.5 Å². The normalized spacial score (nSPS) is 17.3. The van der Waals surface area contributed by atoms with Crippen molar-refractivity contribution in [3.63, 3.8) is 0 Å². The first kappa shape index (κ1) is 43.5. The van der Waals surface area contributed by atoms with Gasteiger partial charge in [-0.05, 0) is 44.9 Å². The zero-order valence-electron chi connectivity index (χ0n) is 28.2. The van der Waals surface area contributed by atoms with Crippen molar-refractivity contribution >= 4 is 74.5 Å². The molecule has 0 spiro atoms. The molecular formula is C31H50N8O7S4. The number of pyridine rings is 1. The van der Waals surface area contributed by atoms with Crippen LogP contribution in [0.3, 0.4) is 0 Å². The molecule has 0 saturated heterocycles. The topological polar surface area (TPSA) is 231 Å². The van der Waals surface area contributed by atoms with E-state index in [1.807, 2.05) is 35.0 Å². The van der Waals surface area contributed by atoms with Crippen molar-refractivity contribution < 1.29 is 34.8 Å². The fourth-order valence-electron chi connectivity index (χ4n) is 5.02. The van der Waals surface area contributed by atoms with Crippen LogP contribution < -0.4 is 22.1 Å². The molecule has 280 valence electrons. The average Bonchev–Trinajstić information content (AvgIpc) is 3.04. The lowest BCUT2D eigenvalue weighted by Gasteiger charge is -2.34. The third kappa shape index (κ3) is 16.6. The van der Waals surface area contributed by atoms with Crippen LogP contribution in [0.5, 0.6) is 0 Å². The molecule has 1 aromatic heterocycles. The first-order chi connectivity index (χ1) is 23.7. The first-order valence-electron chi connectivity index (χ1n) is 16.2. The van der Waals surface area contributed by atoms with Crippen LogP contribution in [0.25, 0.3) is 0 Å². The van der Waals surface area contributed by atoms with E-state index in [0.717, 1.165) is 0 Å². The monoisotopic (exact) mass is 774 g/mol. The smallest absolute Gasteiger partial charge is 0.320 e. The molecule has 0 radical (unpaired) electrons. The highest BCUT2D eigenvalue weighted by Crippen LogP contribution is 2.16. The lowest BCUT2D eigenvalue weighted by Crippen LogP contribution is -2.48. The van der Waals surface area contributed by atoms with Gasteiger partial charge in [-0.15, -0.1) is 0 Å². The lowest BCUT2D eigenvalue weighted by molar-refractivity contribution is -0.144. The van der Waals surface area contributed by atoms with E-state index in [1.165, 1.54) is 23.5 Å². The fourth-order valence-corrected chi connectivity index (χ4v) is 7.24. The molecule has 19 heteroatoms. The molecule has 2 heterocycles. The number of carboxylic acid groups (broad SMARTS) is 3. The Balaban J connectivity index is 2.06. The largest absolute Gasteiger partial charge is 0.511 e. The van der Waals surface area contributed by atoms with Gasteiger partial charge >= 0.3 is 17.9 Å². The number of hydrogen-bond acceptors (Lipinski definition) is 14. The molecule has 1 aliphatic rings.